The van der Waals surface area contributed by atoms with Crippen molar-refractivity contribution >= 4 is 0 Å². The van der Waals surface area contributed by atoms with E-state index in [2.05, 4.69) is 5.32 Å². The number of hydrogen-bond acceptors (Lipinski definition) is 3. The first-order valence-corrected chi connectivity index (χ1v) is 4.37. The summed E-state index contributed by atoms with van der Waals surface area (Å²) in [6.45, 7) is 1.65. The van der Waals surface area contributed by atoms with E-state index < -0.39 is 0 Å². The molecule has 0 aromatic heterocycles. The molecule has 14 heavy (non-hydrogen) atoms. The van der Waals surface area contributed by atoms with Gasteiger partial charge in [0.2, 0.25) is 0 Å². The van der Waals surface area contributed by atoms with Gasteiger partial charge in [0, 0.05) is 19.6 Å². The van der Waals surface area contributed by atoms with Crippen molar-refractivity contribution < 1.29 is 4.39 Å². The molecule has 3 nitrogen and oxygen atoms in total. The molecule has 0 amide bonds. The second-order valence-corrected chi connectivity index (χ2v) is 2.88. The van der Waals surface area contributed by atoms with E-state index in [0.717, 1.165) is 0 Å². The summed E-state index contributed by atoms with van der Waals surface area (Å²) in [6.07, 6.45) is 0. The van der Waals surface area contributed by atoms with Crippen LogP contribution in [0.4, 0.5) is 4.39 Å². The lowest BCUT2D eigenvalue weighted by Crippen LogP contribution is -2.22. The van der Waals surface area contributed by atoms with Crippen LogP contribution < -0.4 is 11.1 Å². The maximum absolute atomic E-state index is 12.8. The van der Waals surface area contributed by atoms with E-state index in [-0.39, 0.29) is 5.82 Å². The quantitative estimate of drug-likeness (QED) is 0.693. The molecule has 4 heteroatoms. The van der Waals surface area contributed by atoms with Crippen LogP contribution in [-0.4, -0.2) is 13.1 Å². The minimum Gasteiger partial charge on any atom is -0.329 e. The van der Waals surface area contributed by atoms with E-state index in [9.17, 15) is 4.39 Å². The van der Waals surface area contributed by atoms with Crippen molar-refractivity contribution in [1.82, 2.24) is 5.32 Å². The number of rotatable bonds is 4. The van der Waals surface area contributed by atoms with Crippen LogP contribution in [-0.2, 0) is 6.54 Å². The van der Waals surface area contributed by atoms with Gasteiger partial charge in [0.1, 0.15) is 5.82 Å². The Balaban J connectivity index is 2.73. The highest BCUT2D eigenvalue weighted by Crippen LogP contribution is 2.09. The third-order valence-electron chi connectivity index (χ3n) is 1.82. The van der Waals surface area contributed by atoms with Gasteiger partial charge < -0.3 is 11.1 Å². The third kappa shape index (κ3) is 2.80. The molecular weight excluding hydrogens is 181 g/mol. The number of nitrogens with two attached hydrogens (primary N) is 1. The molecule has 0 aliphatic rings. The topological polar surface area (TPSA) is 61.8 Å². The predicted molar refractivity (Wildman–Crippen MR) is 51.9 cm³/mol. The maximum atomic E-state index is 12.8. The molecule has 1 rings (SSSR count). The molecule has 3 N–H and O–H groups in total. The fraction of sp³-hybridized carbons (Fsp3) is 0.300. The lowest BCUT2D eigenvalue weighted by Gasteiger charge is -2.05. The summed E-state index contributed by atoms with van der Waals surface area (Å²) in [5, 5.41) is 11.8. The smallest absolute Gasteiger partial charge is 0.123 e. The van der Waals surface area contributed by atoms with E-state index in [0.29, 0.717) is 30.8 Å². The number of hydrogen-bond donors (Lipinski definition) is 2. The predicted octanol–water partition coefficient (Wildman–Crippen LogP) is 0.746. The maximum Gasteiger partial charge on any atom is 0.123 e. The van der Waals surface area contributed by atoms with Gasteiger partial charge in [-0.15, -0.1) is 0 Å². The van der Waals surface area contributed by atoms with Gasteiger partial charge in [0.25, 0.3) is 0 Å². The molecule has 0 radical (unpaired) electrons. The zero-order valence-corrected chi connectivity index (χ0v) is 7.76. The van der Waals surface area contributed by atoms with Crippen molar-refractivity contribution in [3.8, 4) is 6.07 Å². The molecular formula is C10H12FN3. The fourth-order valence-electron chi connectivity index (χ4n) is 1.14. The van der Waals surface area contributed by atoms with Gasteiger partial charge in [-0.2, -0.15) is 5.26 Å². The highest BCUT2D eigenvalue weighted by molar-refractivity contribution is 5.37. The largest absolute Gasteiger partial charge is 0.329 e. The highest BCUT2D eigenvalue weighted by atomic mass is 19.1. The van der Waals surface area contributed by atoms with Crippen molar-refractivity contribution in [2.75, 3.05) is 13.1 Å². The Hall–Kier alpha value is -1.44. The second kappa shape index (κ2) is 5.32. The van der Waals surface area contributed by atoms with E-state index in [1.807, 2.05) is 6.07 Å². The Kier molecular flexibility index (Phi) is 4.05. The Morgan fingerprint density at radius 1 is 1.50 bits per heavy atom. The molecule has 0 spiro atoms. The van der Waals surface area contributed by atoms with Crippen LogP contribution in [0.5, 0.6) is 0 Å². The first-order valence-electron chi connectivity index (χ1n) is 4.37. The Morgan fingerprint density at radius 2 is 2.29 bits per heavy atom. The summed E-state index contributed by atoms with van der Waals surface area (Å²) < 4.78 is 12.8. The van der Waals surface area contributed by atoms with Crippen molar-refractivity contribution in [3.05, 3.63) is 35.1 Å². The lowest BCUT2D eigenvalue weighted by atomic mass is 10.1. The summed E-state index contributed by atoms with van der Waals surface area (Å²) in [4.78, 5) is 0. The SMILES string of the molecule is N#Cc1ccc(F)cc1CNCCN. The lowest BCUT2D eigenvalue weighted by molar-refractivity contribution is 0.620. The molecule has 1 aromatic rings. The Labute approximate surface area is 82.3 Å². The summed E-state index contributed by atoms with van der Waals surface area (Å²) >= 11 is 0. The van der Waals surface area contributed by atoms with Crippen LogP contribution in [0.25, 0.3) is 0 Å². The number of benzene rings is 1. The average Bonchev–Trinajstić information content (AvgIpc) is 2.19. The molecule has 0 aliphatic heterocycles. The standard InChI is InChI=1S/C10H12FN3/c11-10-2-1-8(6-13)9(5-10)7-14-4-3-12/h1-2,5,14H,3-4,7,12H2. The van der Waals surface area contributed by atoms with Crippen LogP contribution >= 0.6 is 0 Å². The minimum atomic E-state index is -0.325. The van der Waals surface area contributed by atoms with Gasteiger partial charge in [0.05, 0.1) is 11.6 Å². The van der Waals surface area contributed by atoms with Crippen LogP contribution in [0.15, 0.2) is 18.2 Å². The third-order valence-corrected chi connectivity index (χ3v) is 1.82. The van der Waals surface area contributed by atoms with E-state index in [1.54, 1.807) is 0 Å². The van der Waals surface area contributed by atoms with Gasteiger partial charge in [-0.25, -0.2) is 4.39 Å². The highest BCUT2D eigenvalue weighted by Gasteiger charge is 2.02. The molecule has 0 heterocycles. The van der Waals surface area contributed by atoms with Crippen molar-refractivity contribution in [3.63, 3.8) is 0 Å². The molecule has 0 saturated carbocycles. The van der Waals surface area contributed by atoms with Gasteiger partial charge in [-0.1, -0.05) is 0 Å². The minimum absolute atomic E-state index is 0.325. The van der Waals surface area contributed by atoms with E-state index in [1.165, 1.54) is 18.2 Å². The van der Waals surface area contributed by atoms with Gasteiger partial charge in [-0.3, -0.25) is 0 Å². The number of nitrogens with one attached hydrogen (secondary N) is 1. The molecule has 1 aromatic carbocycles. The normalized spacial score (nSPS) is 9.79. The Bertz CT molecular complexity index is 344. The molecule has 0 atom stereocenters. The summed E-state index contributed by atoms with van der Waals surface area (Å²) in [5.74, 6) is -0.325. The fourth-order valence-corrected chi connectivity index (χ4v) is 1.14. The molecule has 0 unspecified atom stereocenters. The average molecular weight is 193 g/mol. The zero-order valence-electron chi connectivity index (χ0n) is 7.76. The van der Waals surface area contributed by atoms with Crippen LogP contribution in [0.3, 0.4) is 0 Å². The van der Waals surface area contributed by atoms with E-state index in [4.69, 9.17) is 11.0 Å². The van der Waals surface area contributed by atoms with Crippen molar-refractivity contribution in [2.45, 2.75) is 6.54 Å². The number of nitriles is 1. The van der Waals surface area contributed by atoms with Crippen LogP contribution in [0.2, 0.25) is 0 Å². The van der Waals surface area contributed by atoms with E-state index >= 15 is 0 Å². The first kappa shape index (κ1) is 10.6. The molecule has 74 valence electrons. The second-order valence-electron chi connectivity index (χ2n) is 2.88. The van der Waals surface area contributed by atoms with Crippen molar-refractivity contribution in [1.29, 1.82) is 5.26 Å². The Morgan fingerprint density at radius 3 is 2.93 bits per heavy atom. The van der Waals surface area contributed by atoms with Gasteiger partial charge >= 0.3 is 0 Å². The van der Waals surface area contributed by atoms with Crippen LogP contribution in [0.1, 0.15) is 11.1 Å². The van der Waals surface area contributed by atoms with Gasteiger partial charge in [-0.05, 0) is 23.8 Å². The summed E-state index contributed by atoms with van der Waals surface area (Å²) in [7, 11) is 0. The number of halogens is 1. The van der Waals surface area contributed by atoms with Crippen molar-refractivity contribution in [2.24, 2.45) is 5.73 Å². The summed E-state index contributed by atoms with van der Waals surface area (Å²) in [6, 6.07) is 6.14. The number of nitrogens with zero attached hydrogens (tertiary/aromatic N) is 1. The van der Waals surface area contributed by atoms with Gasteiger partial charge in [0.15, 0.2) is 0 Å². The molecule has 0 saturated heterocycles. The zero-order chi connectivity index (χ0) is 10.4. The monoisotopic (exact) mass is 193 g/mol. The molecule has 0 bridgehead atoms. The molecule has 0 fully saturated rings. The summed E-state index contributed by atoms with van der Waals surface area (Å²) in [5.41, 5.74) is 6.46. The molecule has 0 aliphatic carbocycles. The first-order chi connectivity index (χ1) is 6.77. The van der Waals surface area contributed by atoms with Crippen LogP contribution in [0, 0.1) is 17.1 Å².